The summed E-state index contributed by atoms with van der Waals surface area (Å²) in [6.07, 6.45) is 4.00. The van der Waals surface area contributed by atoms with E-state index in [-0.39, 0.29) is 0 Å². The highest BCUT2D eigenvalue weighted by Gasteiger charge is 2.31. The molecule has 1 aromatic heterocycles. The molecule has 2 rings (SSSR count). The van der Waals surface area contributed by atoms with Crippen molar-refractivity contribution in [3.8, 4) is 0 Å². The Morgan fingerprint density at radius 1 is 1.44 bits per heavy atom. The van der Waals surface area contributed by atoms with Crippen LogP contribution in [0.4, 0.5) is 0 Å². The Kier molecular flexibility index (Phi) is 4.49. The summed E-state index contributed by atoms with van der Waals surface area (Å²) in [5.41, 5.74) is 2.32. The first kappa shape index (κ1) is 14.1. The number of halogens is 1. The van der Waals surface area contributed by atoms with Crippen molar-refractivity contribution in [2.45, 2.75) is 52.6 Å². The molecule has 1 fully saturated rings. The second kappa shape index (κ2) is 5.74. The van der Waals surface area contributed by atoms with Crippen molar-refractivity contribution in [1.29, 1.82) is 0 Å². The minimum Gasteiger partial charge on any atom is -0.308 e. The summed E-state index contributed by atoms with van der Waals surface area (Å²) in [6.45, 7) is 7.65. The van der Waals surface area contributed by atoms with Crippen LogP contribution >= 0.6 is 15.9 Å². The molecule has 3 atom stereocenters. The number of nitrogens with zero attached hydrogens (tertiary/aromatic N) is 2. The van der Waals surface area contributed by atoms with Crippen molar-refractivity contribution in [2.24, 2.45) is 18.9 Å². The van der Waals surface area contributed by atoms with Crippen LogP contribution in [0.3, 0.4) is 0 Å². The SMILES string of the molecule is CCC1CCC(NCc2c(Br)c(C)nn2C)C1C. The van der Waals surface area contributed by atoms with Gasteiger partial charge in [-0.1, -0.05) is 20.3 Å². The maximum atomic E-state index is 4.44. The van der Waals surface area contributed by atoms with Crippen molar-refractivity contribution in [3.63, 3.8) is 0 Å². The van der Waals surface area contributed by atoms with Crippen molar-refractivity contribution in [2.75, 3.05) is 0 Å². The monoisotopic (exact) mass is 313 g/mol. The van der Waals surface area contributed by atoms with E-state index in [1.807, 2.05) is 18.7 Å². The quantitative estimate of drug-likeness (QED) is 0.923. The summed E-state index contributed by atoms with van der Waals surface area (Å²) in [4.78, 5) is 0. The van der Waals surface area contributed by atoms with Crippen LogP contribution in [0.25, 0.3) is 0 Å². The van der Waals surface area contributed by atoms with Gasteiger partial charge in [0.1, 0.15) is 0 Å². The predicted molar refractivity (Wildman–Crippen MR) is 78.5 cm³/mol. The largest absolute Gasteiger partial charge is 0.308 e. The minimum atomic E-state index is 0.664. The fourth-order valence-corrected chi connectivity index (χ4v) is 3.69. The highest BCUT2D eigenvalue weighted by molar-refractivity contribution is 9.10. The number of hydrogen-bond donors (Lipinski definition) is 1. The first-order valence-electron chi connectivity index (χ1n) is 6.96. The topological polar surface area (TPSA) is 29.9 Å². The molecule has 0 saturated heterocycles. The molecule has 3 unspecified atom stereocenters. The van der Waals surface area contributed by atoms with Crippen LogP contribution in [-0.4, -0.2) is 15.8 Å². The van der Waals surface area contributed by atoms with Gasteiger partial charge in [0.2, 0.25) is 0 Å². The van der Waals surface area contributed by atoms with Gasteiger partial charge in [-0.25, -0.2) is 0 Å². The molecule has 102 valence electrons. The fourth-order valence-electron chi connectivity index (χ4n) is 3.21. The van der Waals surface area contributed by atoms with Crippen LogP contribution in [-0.2, 0) is 13.6 Å². The Morgan fingerprint density at radius 2 is 2.17 bits per heavy atom. The minimum absolute atomic E-state index is 0.664. The second-order valence-corrected chi connectivity index (χ2v) is 6.35. The summed E-state index contributed by atoms with van der Waals surface area (Å²) in [7, 11) is 2.02. The molecule has 3 nitrogen and oxygen atoms in total. The zero-order valence-corrected chi connectivity index (χ0v) is 13.4. The van der Waals surface area contributed by atoms with E-state index in [1.54, 1.807) is 0 Å². The van der Waals surface area contributed by atoms with Gasteiger partial charge in [0.05, 0.1) is 15.9 Å². The smallest absolute Gasteiger partial charge is 0.0739 e. The van der Waals surface area contributed by atoms with E-state index in [0.29, 0.717) is 6.04 Å². The summed E-state index contributed by atoms with van der Waals surface area (Å²) in [5, 5.41) is 8.15. The van der Waals surface area contributed by atoms with Gasteiger partial charge < -0.3 is 5.32 Å². The lowest BCUT2D eigenvalue weighted by Gasteiger charge is -2.21. The zero-order chi connectivity index (χ0) is 13.3. The maximum absolute atomic E-state index is 4.44. The standard InChI is InChI=1S/C14H24BrN3/c1-5-11-6-7-12(9(11)2)16-8-13-14(15)10(3)17-18(13)4/h9,11-12,16H,5-8H2,1-4H3. The summed E-state index contributed by atoms with van der Waals surface area (Å²) < 4.78 is 3.12. The van der Waals surface area contributed by atoms with E-state index in [1.165, 1.54) is 25.0 Å². The van der Waals surface area contributed by atoms with Crippen LogP contribution in [0.1, 0.15) is 44.5 Å². The van der Waals surface area contributed by atoms with Gasteiger partial charge in [0, 0.05) is 19.6 Å². The Bertz CT molecular complexity index is 413. The number of aryl methyl sites for hydroxylation is 2. The average molecular weight is 314 g/mol. The Labute approximate surface area is 118 Å². The highest BCUT2D eigenvalue weighted by Crippen LogP contribution is 2.34. The van der Waals surface area contributed by atoms with Gasteiger partial charge in [-0.15, -0.1) is 0 Å². The molecule has 0 spiro atoms. The molecule has 0 aliphatic heterocycles. The number of nitrogens with one attached hydrogen (secondary N) is 1. The molecule has 1 saturated carbocycles. The first-order valence-corrected chi connectivity index (χ1v) is 7.75. The highest BCUT2D eigenvalue weighted by atomic mass is 79.9. The Hall–Kier alpha value is -0.350. The molecule has 0 bridgehead atoms. The van der Waals surface area contributed by atoms with E-state index < -0.39 is 0 Å². The van der Waals surface area contributed by atoms with Crippen LogP contribution in [0.15, 0.2) is 4.47 Å². The predicted octanol–water partition coefficient (Wildman–Crippen LogP) is 3.41. The summed E-state index contributed by atoms with van der Waals surface area (Å²) >= 11 is 3.63. The van der Waals surface area contributed by atoms with Gasteiger partial charge in [0.15, 0.2) is 0 Å². The normalized spacial score (nSPS) is 27.9. The third kappa shape index (κ3) is 2.64. The lowest BCUT2D eigenvalue weighted by atomic mass is 9.93. The molecular formula is C14H24BrN3. The molecule has 4 heteroatoms. The van der Waals surface area contributed by atoms with E-state index in [4.69, 9.17) is 0 Å². The van der Waals surface area contributed by atoms with Gasteiger partial charge >= 0.3 is 0 Å². The molecule has 1 N–H and O–H groups in total. The maximum Gasteiger partial charge on any atom is 0.0739 e. The van der Waals surface area contributed by atoms with E-state index >= 15 is 0 Å². The third-order valence-electron chi connectivity index (χ3n) is 4.54. The summed E-state index contributed by atoms with van der Waals surface area (Å²) in [6, 6.07) is 0.664. The van der Waals surface area contributed by atoms with Crippen molar-refractivity contribution < 1.29 is 0 Å². The number of rotatable bonds is 4. The second-order valence-electron chi connectivity index (χ2n) is 5.56. The molecule has 1 aliphatic rings. The van der Waals surface area contributed by atoms with Crippen LogP contribution in [0.2, 0.25) is 0 Å². The Balaban J connectivity index is 1.96. The number of aromatic nitrogens is 2. The molecule has 18 heavy (non-hydrogen) atoms. The van der Waals surface area contributed by atoms with E-state index in [2.05, 4.69) is 40.2 Å². The van der Waals surface area contributed by atoms with Crippen LogP contribution in [0, 0.1) is 18.8 Å². The lowest BCUT2D eigenvalue weighted by Crippen LogP contribution is -2.32. The van der Waals surface area contributed by atoms with Crippen LogP contribution in [0.5, 0.6) is 0 Å². The number of hydrogen-bond acceptors (Lipinski definition) is 2. The molecule has 1 aliphatic carbocycles. The molecular weight excluding hydrogens is 290 g/mol. The van der Waals surface area contributed by atoms with Crippen molar-refractivity contribution in [1.82, 2.24) is 15.1 Å². The van der Waals surface area contributed by atoms with E-state index in [9.17, 15) is 0 Å². The zero-order valence-electron chi connectivity index (χ0n) is 11.8. The fraction of sp³-hybridized carbons (Fsp3) is 0.786. The summed E-state index contributed by atoms with van der Waals surface area (Å²) in [5.74, 6) is 1.70. The third-order valence-corrected chi connectivity index (χ3v) is 5.58. The average Bonchev–Trinajstić information content (AvgIpc) is 2.80. The Morgan fingerprint density at radius 3 is 2.67 bits per heavy atom. The molecule has 0 amide bonds. The lowest BCUT2D eigenvalue weighted by molar-refractivity contribution is 0.342. The van der Waals surface area contributed by atoms with Gasteiger partial charge in [-0.05, 0) is 47.5 Å². The van der Waals surface area contributed by atoms with Gasteiger partial charge in [0.25, 0.3) is 0 Å². The van der Waals surface area contributed by atoms with Gasteiger partial charge in [-0.3, -0.25) is 4.68 Å². The van der Waals surface area contributed by atoms with E-state index in [0.717, 1.165) is 28.5 Å². The molecule has 1 heterocycles. The van der Waals surface area contributed by atoms with Gasteiger partial charge in [-0.2, -0.15) is 5.10 Å². The molecule has 0 aromatic carbocycles. The van der Waals surface area contributed by atoms with Crippen molar-refractivity contribution >= 4 is 15.9 Å². The van der Waals surface area contributed by atoms with Crippen molar-refractivity contribution in [3.05, 3.63) is 15.9 Å². The molecule has 1 aromatic rings. The van der Waals surface area contributed by atoms with Crippen LogP contribution < -0.4 is 5.32 Å². The molecule has 0 radical (unpaired) electrons. The first-order chi connectivity index (χ1) is 8.54.